The molecule has 1 radical (unpaired) electrons. The van der Waals surface area contributed by atoms with Gasteiger partial charge in [0.05, 0.1) is 23.7 Å². The maximum Gasteiger partial charge on any atom is 0.308 e. The average molecular weight is 325 g/mol. The molecule has 1 N–H and O–H groups in total. The summed E-state index contributed by atoms with van der Waals surface area (Å²) in [6.07, 6.45) is 2.14. The van der Waals surface area contributed by atoms with Crippen molar-refractivity contribution in [3.8, 4) is 6.07 Å². The molecular formula is C15H12F2LiN4O2. The third kappa shape index (κ3) is 3.33. The van der Waals surface area contributed by atoms with E-state index in [1.807, 2.05) is 6.07 Å². The van der Waals surface area contributed by atoms with Crippen molar-refractivity contribution < 1.29 is 18.7 Å². The maximum absolute atomic E-state index is 13.9. The molecule has 119 valence electrons. The van der Waals surface area contributed by atoms with Crippen LogP contribution in [0.15, 0.2) is 24.5 Å². The van der Waals surface area contributed by atoms with Crippen LogP contribution in [-0.2, 0) is 4.79 Å². The van der Waals surface area contributed by atoms with Crippen LogP contribution < -0.4 is 4.90 Å². The molecule has 1 aromatic heterocycles. The van der Waals surface area contributed by atoms with Gasteiger partial charge in [0.2, 0.25) is 0 Å². The third-order valence-electron chi connectivity index (χ3n) is 3.82. The summed E-state index contributed by atoms with van der Waals surface area (Å²) in [6, 6.07) is 4.97. The summed E-state index contributed by atoms with van der Waals surface area (Å²) in [5, 5.41) is 18.2. The van der Waals surface area contributed by atoms with Crippen LogP contribution in [0.1, 0.15) is 12.0 Å². The summed E-state index contributed by atoms with van der Waals surface area (Å²) < 4.78 is 27.8. The second kappa shape index (κ2) is 6.72. The Kier molecular flexibility index (Phi) is 5.07. The van der Waals surface area contributed by atoms with Crippen LogP contribution in [-0.4, -0.2) is 58.9 Å². The molecule has 0 saturated carbocycles. The number of aromatic nitrogens is 2. The molecule has 0 aliphatic carbocycles. The Labute approximate surface area is 148 Å². The van der Waals surface area contributed by atoms with Crippen LogP contribution >= 0.6 is 0 Å². The van der Waals surface area contributed by atoms with E-state index >= 15 is 0 Å². The Morgan fingerprint density at radius 3 is 2.62 bits per heavy atom. The van der Waals surface area contributed by atoms with Gasteiger partial charge in [-0.15, -0.1) is 0 Å². The molecule has 0 spiro atoms. The Hall–Kier alpha value is -2.22. The Morgan fingerprint density at radius 1 is 1.33 bits per heavy atom. The van der Waals surface area contributed by atoms with E-state index < -0.39 is 30.8 Å². The number of fused-ring (bicyclic) bond motifs is 1. The predicted octanol–water partition coefficient (Wildman–Crippen LogP) is 1.67. The minimum Gasteiger partial charge on any atom is -0.481 e. The van der Waals surface area contributed by atoms with Crippen molar-refractivity contribution in [1.82, 2.24) is 9.97 Å². The number of carboxylic acids is 1. The van der Waals surface area contributed by atoms with Crippen LogP contribution in [0.2, 0.25) is 0 Å². The van der Waals surface area contributed by atoms with Crippen LogP contribution in [0.4, 0.5) is 14.5 Å². The summed E-state index contributed by atoms with van der Waals surface area (Å²) in [5.41, 5.74) is 1.27. The molecule has 2 heterocycles. The molecule has 1 aliphatic rings. The number of nitrogens with zero attached hydrogens (tertiary/aromatic N) is 4. The SMILES string of the molecule is N#Cc1ccc(N2CC(C(=O)O)CC(F)(F)C2)c2nccnc12.[Li]. The standard InChI is InChI=1S/C15H12F2N4O2.Li/c16-15(17)5-10(14(22)23)7-21(8-15)11-2-1-9(6-18)12-13(11)20-4-3-19-12;/h1-4,10H,5,7-8H2,(H,22,23);. The summed E-state index contributed by atoms with van der Waals surface area (Å²) in [5.74, 6) is -5.52. The molecule has 1 unspecified atom stereocenters. The number of anilines is 1. The number of nitriles is 1. The molecule has 1 saturated heterocycles. The van der Waals surface area contributed by atoms with E-state index in [1.54, 1.807) is 0 Å². The number of benzene rings is 1. The topological polar surface area (TPSA) is 90.1 Å². The first-order chi connectivity index (χ1) is 10.9. The van der Waals surface area contributed by atoms with Gasteiger partial charge < -0.3 is 10.0 Å². The first-order valence-electron chi connectivity index (χ1n) is 6.91. The van der Waals surface area contributed by atoms with E-state index in [-0.39, 0.29) is 31.0 Å². The van der Waals surface area contributed by atoms with Crippen molar-refractivity contribution in [3.63, 3.8) is 0 Å². The minimum absolute atomic E-state index is 0. The van der Waals surface area contributed by atoms with Gasteiger partial charge in [0, 0.05) is 44.2 Å². The first-order valence-corrected chi connectivity index (χ1v) is 6.91. The molecule has 0 amide bonds. The number of piperidine rings is 1. The zero-order chi connectivity index (χ0) is 16.6. The van der Waals surface area contributed by atoms with E-state index in [4.69, 9.17) is 10.4 Å². The van der Waals surface area contributed by atoms with E-state index in [1.165, 1.54) is 29.4 Å². The molecule has 3 rings (SSSR count). The summed E-state index contributed by atoms with van der Waals surface area (Å²) in [6.45, 7) is -0.628. The third-order valence-corrected chi connectivity index (χ3v) is 3.82. The van der Waals surface area contributed by atoms with Crippen molar-refractivity contribution >= 4 is 41.6 Å². The number of aliphatic carboxylic acids is 1. The fourth-order valence-electron chi connectivity index (χ4n) is 2.84. The van der Waals surface area contributed by atoms with Gasteiger partial charge >= 0.3 is 5.97 Å². The number of hydrogen-bond acceptors (Lipinski definition) is 5. The van der Waals surface area contributed by atoms with Gasteiger partial charge in [-0.05, 0) is 12.1 Å². The molecule has 0 bridgehead atoms. The van der Waals surface area contributed by atoms with Gasteiger partial charge in [-0.3, -0.25) is 14.8 Å². The normalized spacial score (nSPS) is 19.4. The molecule has 1 fully saturated rings. The van der Waals surface area contributed by atoms with Gasteiger partial charge in [-0.1, -0.05) is 0 Å². The molecule has 24 heavy (non-hydrogen) atoms. The maximum atomic E-state index is 13.9. The van der Waals surface area contributed by atoms with Crippen molar-refractivity contribution in [3.05, 3.63) is 30.1 Å². The molecule has 1 aromatic carbocycles. The van der Waals surface area contributed by atoms with Gasteiger partial charge in [-0.25, -0.2) is 8.78 Å². The van der Waals surface area contributed by atoms with Gasteiger partial charge in [0.1, 0.15) is 17.1 Å². The van der Waals surface area contributed by atoms with Gasteiger partial charge in [0.25, 0.3) is 5.92 Å². The number of carboxylic acid groups (broad SMARTS) is 1. The molecule has 1 aliphatic heterocycles. The molecular weight excluding hydrogens is 313 g/mol. The van der Waals surface area contributed by atoms with Crippen LogP contribution in [0.5, 0.6) is 0 Å². The molecule has 1 atom stereocenters. The number of carbonyl (C=O) groups is 1. The second-order valence-corrected chi connectivity index (χ2v) is 5.47. The van der Waals surface area contributed by atoms with Crippen molar-refractivity contribution in [1.29, 1.82) is 5.26 Å². The number of rotatable bonds is 2. The van der Waals surface area contributed by atoms with Crippen LogP contribution in [0.25, 0.3) is 11.0 Å². The van der Waals surface area contributed by atoms with Gasteiger partial charge in [0.15, 0.2) is 0 Å². The van der Waals surface area contributed by atoms with Gasteiger partial charge in [-0.2, -0.15) is 5.26 Å². The zero-order valence-corrected chi connectivity index (χ0v) is 12.9. The first kappa shape index (κ1) is 18.1. The van der Waals surface area contributed by atoms with Crippen LogP contribution in [0, 0.1) is 17.2 Å². The largest absolute Gasteiger partial charge is 0.481 e. The Morgan fingerprint density at radius 2 is 2.00 bits per heavy atom. The van der Waals surface area contributed by atoms with E-state index in [0.717, 1.165) is 0 Å². The second-order valence-electron chi connectivity index (χ2n) is 5.47. The Bertz CT molecular complexity index is 825. The fourth-order valence-corrected chi connectivity index (χ4v) is 2.84. The monoisotopic (exact) mass is 325 g/mol. The summed E-state index contributed by atoms with van der Waals surface area (Å²) in [7, 11) is 0. The van der Waals surface area contributed by atoms with E-state index in [2.05, 4.69) is 9.97 Å². The minimum atomic E-state index is -3.11. The number of hydrogen-bond donors (Lipinski definition) is 1. The predicted molar refractivity (Wildman–Crippen MR) is 82.9 cm³/mol. The number of halogens is 2. The van der Waals surface area contributed by atoms with E-state index in [0.29, 0.717) is 16.7 Å². The summed E-state index contributed by atoms with van der Waals surface area (Å²) >= 11 is 0. The molecule has 6 nitrogen and oxygen atoms in total. The number of alkyl halides is 2. The zero-order valence-electron chi connectivity index (χ0n) is 12.9. The van der Waals surface area contributed by atoms with Crippen molar-refractivity contribution in [2.45, 2.75) is 12.3 Å². The summed E-state index contributed by atoms with van der Waals surface area (Å²) in [4.78, 5) is 20.7. The van der Waals surface area contributed by atoms with Crippen LogP contribution in [0.3, 0.4) is 0 Å². The molecule has 9 heteroatoms. The quantitative estimate of drug-likeness (QED) is 0.845. The average Bonchev–Trinajstić information content (AvgIpc) is 2.52. The fraction of sp³-hybridized carbons (Fsp3) is 0.333. The molecule has 2 aromatic rings. The smallest absolute Gasteiger partial charge is 0.308 e. The Balaban J connectivity index is 0.00000208. The van der Waals surface area contributed by atoms with E-state index in [9.17, 15) is 13.6 Å². The van der Waals surface area contributed by atoms with Crippen molar-refractivity contribution in [2.24, 2.45) is 5.92 Å². The van der Waals surface area contributed by atoms with Crippen molar-refractivity contribution in [2.75, 3.05) is 18.0 Å².